The Hall–Kier alpha value is -1.26. The molecule has 1 rings (SSSR count). The second kappa shape index (κ2) is 11.2. The van der Waals surface area contributed by atoms with Crippen LogP contribution in [0.1, 0.15) is 57.7 Å². The van der Waals surface area contributed by atoms with Gasteiger partial charge in [-0.25, -0.2) is 0 Å². The van der Waals surface area contributed by atoms with Crippen LogP contribution in [0.2, 0.25) is 0 Å². The Kier molecular flexibility index (Phi) is 12.0. The first-order valence-corrected chi connectivity index (χ1v) is 6.51. The number of aryl methyl sites for hydroxylation is 2. The molecule has 0 radical (unpaired) electrons. The van der Waals surface area contributed by atoms with Crippen LogP contribution in [0, 0.1) is 13.8 Å². The number of allylic oxidation sites excluding steroid dienone is 1. The summed E-state index contributed by atoms with van der Waals surface area (Å²) in [6.07, 6.45) is 1.25. The maximum absolute atomic E-state index is 3.65. The highest BCUT2D eigenvalue weighted by molar-refractivity contribution is 5.66. The van der Waals surface area contributed by atoms with Gasteiger partial charge in [0.25, 0.3) is 0 Å². The number of rotatable bonds is 1. The van der Waals surface area contributed by atoms with Gasteiger partial charge in [-0.05, 0) is 37.5 Å². The minimum Gasteiger partial charge on any atom is -0.125 e. The molecule has 1 aromatic rings. The van der Waals surface area contributed by atoms with Gasteiger partial charge in [-0.15, -0.1) is 5.73 Å². The Morgan fingerprint density at radius 1 is 1.18 bits per heavy atom. The summed E-state index contributed by atoms with van der Waals surface area (Å²) in [5.41, 5.74) is 7.86. The fraction of sp³-hybridized carbons (Fsp3) is 0.471. The van der Waals surface area contributed by atoms with Crippen molar-refractivity contribution in [3.63, 3.8) is 0 Å². The van der Waals surface area contributed by atoms with Crippen molar-refractivity contribution in [2.75, 3.05) is 0 Å². The third-order valence-electron chi connectivity index (χ3n) is 2.06. The van der Waals surface area contributed by atoms with E-state index >= 15 is 0 Å². The number of benzene rings is 1. The normalized spacial score (nSPS) is 7.94. The molecule has 0 aromatic heterocycles. The fourth-order valence-corrected chi connectivity index (χ4v) is 1.24. The highest BCUT2D eigenvalue weighted by atomic mass is 14.0. The van der Waals surface area contributed by atoms with Gasteiger partial charge in [-0.1, -0.05) is 64.5 Å². The van der Waals surface area contributed by atoms with E-state index in [9.17, 15) is 0 Å². The molecule has 0 N–H and O–H groups in total. The molecule has 0 aliphatic carbocycles. The summed E-state index contributed by atoms with van der Waals surface area (Å²) in [4.78, 5) is 0. The van der Waals surface area contributed by atoms with Gasteiger partial charge < -0.3 is 0 Å². The molecule has 0 unspecified atom stereocenters. The van der Waals surface area contributed by atoms with Gasteiger partial charge >= 0.3 is 0 Å². The number of hydrogen-bond donors (Lipinski definition) is 0. The predicted molar refractivity (Wildman–Crippen MR) is 81.5 cm³/mol. The Morgan fingerprint density at radius 3 is 2.06 bits per heavy atom. The molecule has 0 fully saturated rings. The minimum atomic E-state index is 1.12. The second-order valence-corrected chi connectivity index (χ2v) is 3.83. The molecule has 17 heavy (non-hydrogen) atoms. The Bertz CT molecular complexity index is 352. The van der Waals surface area contributed by atoms with E-state index in [2.05, 4.69) is 58.2 Å². The Labute approximate surface area is 108 Å². The SMILES string of the molecule is C=C=C(C)c1cc(C)ccc1C.CC.CCC. The molecule has 0 aliphatic rings. The van der Waals surface area contributed by atoms with Gasteiger partial charge in [0.1, 0.15) is 0 Å². The first-order valence-electron chi connectivity index (χ1n) is 6.51. The summed E-state index contributed by atoms with van der Waals surface area (Å²) < 4.78 is 0. The monoisotopic (exact) mass is 232 g/mol. The van der Waals surface area contributed by atoms with Crippen molar-refractivity contribution < 1.29 is 0 Å². The van der Waals surface area contributed by atoms with E-state index < -0.39 is 0 Å². The van der Waals surface area contributed by atoms with Gasteiger partial charge in [-0.2, -0.15) is 0 Å². The van der Waals surface area contributed by atoms with Crippen molar-refractivity contribution in [3.05, 3.63) is 47.2 Å². The van der Waals surface area contributed by atoms with Gasteiger partial charge in [0.2, 0.25) is 0 Å². The van der Waals surface area contributed by atoms with Gasteiger partial charge in [0, 0.05) is 0 Å². The Morgan fingerprint density at radius 2 is 1.65 bits per heavy atom. The summed E-state index contributed by atoms with van der Waals surface area (Å²) in [6, 6.07) is 6.42. The molecule has 0 heteroatoms. The lowest BCUT2D eigenvalue weighted by molar-refractivity contribution is 1.09. The van der Waals surface area contributed by atoms with E-state index in [4.69, 9.17) is 0 Å². The Balaban J connectivity index is 0. The average molecular weight is 232 g/mol. The smallest absolute Gasteiger partial charge is 0.00225 e. The predicted octanol–water partition coefficient (Wildman–Crippen LogP) is 5.93. The molecule has 0 bridgehead atoms. The molecule has 96 valence electrons. The van der Waals surface area contributed by atoms with E-state index in [1.165, 1.54) is 23.1 Å². The molecule has 0 saturated heterocycles. The number of hydrogen-bond acceptors (Lipinski definition) is 0. The molecule has 0 nitrogen and oxygen atoms in total. The van der Waals surface area contributed by atoms with Crippen LogP contribution in [0.4, 0.5) is 0 Å². The topological polar surface area (TPSA) is 0 Å². The standard InChI is InChI=1S/C12H14.C3H8.C2H6/c1-5-10(3)12-8-9(2)6-7-11(12)4;1-3-2;1-2/h6-8H,1H2,2-4H3;3H2,1-2H3;1-2H3. The highest BCUT2D eigenvalue weighted by Crippen LogP contribution is 2.18. The maximum Gasteiger partial charge on any atom is -0.00225 e. The zero-order chi connectivity index (χ0) is 13.8. The van der Waals surface area contributed by atoms with Crippen molar-refractivity contribution in [3.8, 4) is 0 Å². The molecule has 0 aliphatic heterocycles. The van der Waals surface area contributed by atoms with Crippen LogP contribution in [-0.2, 0) is 0 Å². The van der Waals surface area contributed by atoms with Crippen LogP contribution in [0.3, 0.4) is 0 Å². The van der Waals surface area contributed by atoms with Crippen LogP contribution in [0.25, 0.3) is 5.57 Å². The third-order valence-corrected chi connectivity index (χ3v) is 2.06. The second-order valence-electron chi connectivity index (χ2n) is 3.83. The quantitative estimate of drug-likeness (QED) is 0.526. The van der Waals surface area contributed by atoms with E-state index in [0.717, 1.165) is 5.57 Å². The lowest BCUT2D eigenvalue weighted by Crippen LogP contribution is -1.85. The van der Waals surface area contributed by atoms with Gasteiger partial charge in [0.15, 0.2) is 0 Å². The van der Waals surface area contributed by atoms with Crippen LogP contribution in [0.15, 0.2) is 30.5 Å². The zero-order valence-electron chi connectivity index (χ0n) is 12.6. The molecule has 1 aromatic carbocycles. The van der Waals surface area contributed by atoms with Crippen LogP contribution in [0.5, 0.6) is 0 Å². The maximum atomic E-state index is 3.65. The molecule has 0 saturated carbocycles. The largest absolute Gasteiger partial charge is 0.125 e. The minimum absolute atomic E-state index is 1.12. The lowest BCUT2D eigenvalue weighted by Gasteiger charge is -2.04. The summed E-state index contributed by atoms with van der Waals surface area (Å²) in [6.45, 7) is 18.1. The van der Waals surface area contributed by atoms with Crippen LogP contribution < -0.4 is 0 Å². The summed E-state index contributed by atoms with van der Waals surface area (Å²) in [7, 11) is 0. The van der Waals surface area contributed by atoms with Crippen LogP contribution >= 0.6 is 0 Å². The molecule has 0 spiro atoms. The van der Waals surface area contributed by atoms with Crippen LogP contribution in [-0.4, -0.2) is 0 Å². The summed E-state index contributed by atoms with van der Waals surface area (Å²) in [5.74, 6) is 0. The van der Waals surface area contributed by atoms with E-state index in [1.54, 1.807) is 0 Å². The first kappa shape index (κ1) is 18.1. The fourth-order valence-electron chi connectivity index (χ4n) is 1.24. The van der Waals surface area contributed by atoms with E-state index in [1.807, 2.05) is 20.8 Å². The molecular formula is C17H28. The van der Waals surface area contributed by atoms with Crippen molar-refractivity contribution in [2.24, 2.45) is 0 Å². The average Bonchev–Trinajstić information content (AvgIpc) is 2.35. The van der Waals surface area contributed by atoms with Crippen molar-refractivity contribution in [1.29, 1.82) is 0 Å². The van der Waals surface area contributed by atoms with Gasteiger partial charge in [0.05, 0.1) is 0 Å². The zero-order valence-corrected chi connectivity index (χ0v) is 12.6. The summed E-state index contributed by atoms with van der Waals surface area (Å²) >= 11 is 0. The van der Waals surface area contributed by atoms with Crippen molar-refractivity contribution in [1.82, 2.24) is 0 Å². The van der Waals surface area contributed by atoms with E-state index in [-0.39, 0.29) is 0 Å². The van der Waals surface area contributed by atoms with Crippen molar-refractivity contribution in [2.45, 2.75) is 54.9 Å². The summed E-state index contributed by atoms with van der Waals surface area (Å²) in [5, 5.41) is 0. The van der Waals surface area contributed by atoms with E-state index in [0.29, 0.717) is 0 Å². The third kappa shape index (κ3) is 7.60. The first-order chi connectivity index (χ1) is 8.06. The van der Waals surface area contributed by atoms with Gasteiger partial charge in [-0.3, -0.25) is 0 Å². The molecule has 0 heterocycles. The molecule has 0 amide bonds. The molecular weight excluding hydrogens is 204 g/mol. The highest BCUT2D eigenvalue weighted by Gasteiger charge is 1.98. The molecule has 0 atom stereocenters. The van der Waals surface area contributed by atoms with Crippen molar-refractivity contribution >= 4 is 5.57 Å². The lowest BCUT2D eigenvalue weighted by atomic mass is 10.0.